The quantitative estimate of drug-likeness (QED) is 0.788. The number of benzene rings is 2. The molecule has 0 spiro atoms. The molecule has 3 N–H and O–H groups in total. The molecule has 5 heteroatoms. The van der Waals surface area contributed by atoms with Gasteiger partial charge in [-0.3, -0.25) is 0 Å². The maximum absolute atomic E-state index is 10.2. The minimum absolute atomic E-state index is 0.0216. The van der Waals surface area contributed by atoms with Gasteiger partial charge in [-0.25, -0.2) is 0 Å². The van der Waals surface area contributed by atoms with E-state index in [0.29, 0.717) is 23.5 Å². The average molecular weight is 290 g/mol. The molecule has 0 radical (unpaired) electrons. The monoisotopic (exact) mass is 290 g/mol. The number of hydrogen-bond donors (Lipinski definition) is 3. The highest BCUT2D eigenvalue weighted by atomic mass is 16.5. The Bertz CT molecular complexity index is 624. The lowest BCUT2D eigenvalue weighted by Crippen LogP contribution is -2.02. The van der Waals surface area contributed by atoms with Crippen molar-refractivity contribution in [1.29, 1.82) is 0 Å². The van der Waals surface area contributed by atoms with E-state index in [1.165, 1.54) is 20.3 Å². The fraction of sp³-hybridized carbons (Fsp3) is 0.250. The first kappa shape index (κ1) is 15.0. The van der Waals surface area contributed by atoms with Crippen molar-refractivity contribution < 1.29 is 24.8 Å². The van der Waals surface area contributed by atoms with Crippen LogP contribution in [-0.2, 0) is 6.42 Å². The van der Waals surface area contributed by atoms with E-state index in [1.807, 2.05) is 0 Å². The van der Waals surface area contributed by atoms with Crippen LogP contribution in [0, 0.1) is 0 Å². The normalized spacial score (nSPS) is 12.0. The SMILES string of the molecule is COc1ccc(CC(O)c2ccc(OC)c(O)c2)cc1O. The molecule has 0 aliphatic rings. The molecule has 0 bridgehead atoms. The van der Waals surface area contributed by atoms with Crippen LogP contribution in [0.5, 0.6) is 23.0 Å². The van der Waals surface area contributed by atoms with Crippen LogP contribution in [0.2, 0.25) is 0 Å². The van der Waals surface area contributed by atoms with Gasteiger partial charge in [0.15, 0.2) is 23.0 Å². The number of aliphatic hydroxyl groups excluding tert-OH is 1. The number of hydrogen-bond acceptors (Lipinski definition) is 5. The Morgan fingerprint density at radius 2 is 1.48 bits per heavy atom. The van der Waals surface area contributed by atoms with E-state index >= 15 is 0 Å². The van der Waals surface area contributed by atoms with E-state index in [4.69, 9.17) is 9.47 Å². The molecule has 0 aliphatic carbocycles. The number of phenols is 2. The highest BCUT2D eigenvalue weighted by molar-refractivity contribution is 5.44. The van der Waals surface area contributed by atoms with E-state index in [2.05, 4.69) is 0 Å². The Balaban J connectivity index is 2.15. The minimum atomic E-state index is -0.797. The molecule has 0 saturated heterocycles. The lowest BCUT2D eigenvalue weighted by atomic mass is 10.0. The summed E-state index contributed by atoms with van der Waals surface area (Å²) in [5.41, 5.74) is 1.33. The highest BCUT2D eigenvalue weighted by Crippen LogP contribution is 2.31. The second-order valence-corrected chi connectivity index (χ2v) is 4.66. The standard InChI is InChI=1S/C16H18O5/c1-20-15-5-3-10(8-13(15)18)7-12(17)11-4-6-16(21-2)14(19)9-11/h3-6,8-9,12,17-19H,7H2,1-2H3. The molecule has 1 unspecified atom stereocenters. The molecule has 0 aromatic heterocycles. The third-order valence-electron chi connectivity index (χ3n) is 3.26. The van der Waals surface area contributed by atoms with Crippen LogP contribution in [0.25, 0.3) is 0 Å². The van der Waals surface area contributed by atoms with Crippen molar-refractivity contribution >= 4 is 0 Å². The lowest BCUT2D eigenvalue weighted by molar-refractivity contribution is 0.178. The molecular weight excluding hydrogens is 272 g/mol. The van der Waals surface area contributed by atoms with Gasteiger partial charge < -0.3 is 24.8 Å². The van der Waals surface area contributed by atoms with Gasteiger partial charge in [0.05, 0.1) is 20.3 Å². The van der Waals surface area contributed by atoms with Crippen LogP contribution < -0.4 is 9.47 Å². The summed E-state index contributed by atoms with van der Waals surface area (Å²) in [5.74, 6) is 0.745. The Morgan fingerprint density at radius 1 is 0.905 bits per heavy atom. The molecule has 0 heterocycles. The topological polar surface area (TPSA) is 79.2 Å². The predicted molar refractivity (Wildman–Crippen MR) is 78.0 cm³/mol. The van der Waals surface area contributed by atoms with E-state index in [9.17, 15) is 15.3 Å². The van der Waals surface area contributed by atoms with E-state index in [-0.39, 0.29) is 11.5 Å². The molecule has 0 aliphatic heterocycles. The first-order valence-corrected chi connectivity index (χ1v) is 6.46. The summed E-state index contributed by atoms with van der Waals surface area (Å²) in [6.07, 6.45) is -0.488. The molecule has 5 nitrogen and oxygen atoms in total. The van der Waals surface area contributed by atoms with Crippen molar-refractivity contribution in [2.45, 2.75) is 12.5 Å². The maximum Gasteiger partial charge on any atom is 0.160 e. The molecule has 2 aromatic rings. The number of ether oxygens (including phenoxy) is 2. The van der Waals surface area contributed by atoms with Crippen molar-refractivity contribution in [1.82, 2.24) is 0 Å². The molecule has 21 heavy (non-hydrogen) atoms. The predicted octanol–water partition coefficient (Wildman–Crippen LogP) is 2.39. The van der Waals surface area contributed by atoms with E-state index in [1.54, 1.807) is 30.3 Å². The van der Waals surface area contributed by atoms with E-state index in [0.717, 1.165) is 5.56 Å². The Labute approximate surface area is 123 Å². The zero-order chi connectivity index (χ0) is 15.4. The first-order valence-electron chi connectivity index (χ1n) is 6.46. The van der Waals surface area contributed by atoms with Crippen LogP contribution in [0.4, 0.5) is 0 Å². The molecule has 2 rings (SSSR count). The summed E-state index contributed by atoms with van der Waals surface area (Å²) in [5, 5.41) is 29.7. The van der Waals surface area contributed by atoms with Crippen molar-refractivity contribution in [2.24, 2.45) is 0 Å². The number of aromatic hydroxyl groups is 2. The molecule has 0 saturated carbocycles. The Kier molecular flexibility index (Phi) is 4.55. The minimum Gasteiger partial charge on any atom is -0.504 e. The third-order valence-corrected chi connectivity index (χ3v) is 3.26. The van der Waals surface area contributed by atoms with Crippen LogP contribution in [0.15, 0.2) is 36.4 Å². The second kappa shape index (κ2) is 6.37. The summed E-state index contributed by atoms with van der Waals surface area (Å²) in [7, 11) is 2.94. The largest absolute Gasteiger partial charge is 0.504 e. The third kappa shape index (κ3) is 3.38. The molecule has 112 valence electrons. The van der Waals surface area contributed by atoms with Crippen LogP contribution in [0.1, 0.15) is 17.2 Å². The van der Waals surface area contributed by atoms with Crippen molar-refractivity contribution in [3.8, 4) is 23.0 Å². The number of rotatable bonds is 5. The van der Waals surface area contributed by atoms with Gasteiger partial charge in [0.1, 0.15) is 0 Å². The summed E-state index contributed by atoms with van der Waals surface area (Å²) >= 11 is 0. The molecular formula is C16H18O5. The molecule has 2 aromatic carbocycles. The van der Waals surface area contributed by atoms with Crippen LogP contribution in [-0.4, -0.2) is 29.5 Å². The first-order chi connectivity index (χ1) is 10.0. The summed E-state index contributed by atoms with van der Waals surface area (Å²) in [6.45, 7) is 0. The van der Waals surface area contributed by atoms with Crippen molar-refractivity contribution in [2.75, 3.05) is 14.2 Å². The lowest BCUT2D eigenvalue weighted by Gasteiger charge is -2.13. The van der Waals surface area contributed by atoms with Gasteiger partial charge in [-0.05, 0) is 35.4 Å². The number of methoxy groups -OCH3 is 2. The smallest absolute Gasteiger partial charge is 0.160 e. The fourth-order valence-corrected chi connectivity index (χ4v) is 2.12. The summed E-state index contributed by atoms with van der Waals surface area (Å²) in [6, 6.07) is 9.71. The summed E-state index contributed by atoms with van der Waals surface area (Å²) in [4.78, 5) is 0. The summed E-state index contributed by atoms with van der Waals surface area (Å²) < 4.78 is 9.93. The van der Waals surface area contributed by atoms with Gasteiger partial charge in [0.25, 0.3) is 0 Å². The van der Waals surface area contributed by atoms with Gasteiger partial charge in [-0.1, -0.05) is 12.1 Å². The van der Waals surface area contributed by atoms with Crippen molar-refractivity contribution in [3.63, 3.8) is 0 Å². The zero-order valence-corrected chi connectivity index (χ0v) is 11.9. The van der Waals surface area contributed by atoms with Gasteiger partial charge in [-0.15, -0.1) is 0 Å². The second-order valence-electron chi connectivity index (χ2n) is 4.66. The van der Waals surface area contributed by atoms with E-state index < -0.39 is 6.10 Å². The highest BCUT2D eigenvalue weighted by Gasteiger charge is 2.13. The van der Waals surface area contributed by atoms with Crippen LogP contribution >= 0.6 is 0 Å². The van der Waals surface area contributed by atoms with Gasteiger partial charge >= 0.3 is 0 Å². The van der Waals surface area contributed by atoms with Crippen molar-refractivity contribution in [3.05, 3.63) is 47.5 Å². The van der Waals surface area contributed by atoms with Gasteiger partial charge in [0.2, 0.25) is 0 Å². The number of phenolic OH excluding ortho intramolecular Hbond substituents is 2. The molecule has 1 atom stereocenters. The van der Waals surface area contributed by atoms with Gasteiger partial charge in [0, 0.05) is 6.42 Å². The fourth-order valence-electron chi connectivity index (χ4n) is 2.12. The Morgan fingerprint density at radius 3 is 2.00 bits per heavy atom. The maximum atomic E-state index is 10.2. The molecule has 0 fully saturated rings. The number of aliphatic hydroxyl groups is 1. The molecule has 0 amide bonds. The van der Waals surface area contributed by atoms with Gasteiger partial charge in [-0.2, -0.15) is 0 Å². The zero-order valence-electron chi connectivity index (χ0n) is 11.9. The van der Waals surface area contributed by atoms with Crippen LogP contribution in [0.3, 0.4) is 0 Å². The average Bonchev–Trinajstić information content (AvgIpc) is 2.47. The Hall–Kier alpha value is -2.40.